The highest BCUT2D eigenvalue weighted by molar-refractivity contribution is 5.78. The molecule has 0 unspecified atom stereocenters. The third-order valence-corrected chi connectivity index (χ3v) is 3.00. The highest BCUT2D eigenvalue weighted by atomic mass is 16.5. The maximum atomic E-state index is 11.0. The molecular weight excluding hydrogens is 182 g/mol. The molecule has 1 saturated carbocycles. The lowest BCUT2D eigenvalue weighted by Crippen LogP contribution is -2.18. The van der Waals surface area contributed by atoms with Gasteiger partial charge in [0.05, 0.1) is 11.1 Å². The van der Waals surface area contributed by atoms with Gasteiger partial charge in [0.25, 0.3) is 0 Å². The van der Waals surface area contributed by atoms with Crippen LogP contribution in [-0.2, 0) is 11.2 Å². The van der Waals surface area contributed by atoms with Crippen LogP contribution < -0.4 is 0 Å². The average molecular weight is 195 g/mol. The molecule has 4 nitrogen and oxygen atoms in total. The van der Waals surface area contributed by atoms with Crippen LogP contribution in [0.15, 0.2) is 4.52 Å². The van der Waals surface area contributed by atoms with Gasteiger partial charge >= 0.3 is 5.97 Å². The first-order valence-corrected chi connectivity index (χ1v) is 4.70. The summed E-state index contributed by atoms with van der Waals surface area (Å²) in [7, 11) is 0. The molecule has 2 rings (SSSR count). The highest BCUT2D eigenvalue weighted by Crippen LogP contribution is 2.49. The highest BCUT2D eigenvalue weighted by Gasteiger charge is 2.50. The Morgan fingerprint density at radius 1 is 1.57 bits per heavy atom. The maximum absolute atomic E-state index is 11.0. The summed E-state index contributed by atoms with van der Waals surface area (Å²) in [4.78, 5) is 11.0. The molecule has 0 saturated heterocycles. The van der Waals surface area contributed by atoms with Crippen molar-refractivity contribution in [3.05, 3.63) is 17.0 Å². The summed E-state index contributed by atoms with van der Waals surface area (Å²) in [5, 5.41) is 12.9. The molecule has 1 aromatic heterocycles. The molecule has 0 aliphatic heterocycles. The van der Waals surface area contributed by atoms with Gasteiger partial charge in [0, 0.05) is 5.56 Å². The topological polar surface area (TPSA) is 63.3 Å². The Bertz CT molecular complexity index is 357. The number of carbonyl (C=O) groups is 1. The summed E-state index contributed by atoms with van der Waals surface area (Å²) in [5.41, 5.74) is 1.25. The van der Waals surface area contributed by atoms with E-state index in [1.165, 1.54) is 0 Å². The summed E-state index contributed by atoms with van der Waals surface area (Å²) in [6.07, 6.45) is 2.10. The Balaban J connectivity index is 2.23. The van der Waals surface area contributed by atoms with Crippen LogP contribution in [0, 0.1) is 19.3 Å². The van der Waals surface area contributed by atoms with Crippen molar-refractivity contribution in [2.75, 3.05) is 0 Å². The number of aryl methyl sites for hydroxylation is 2. The van der Waals surface area contributed by atoms with Crippen LogP contribution in [-0.4, -0.2) is 16.2 Å². The van der Waals surface area contributed by atoms with Crippen LogP contribution in [0.1, 0.15) is 29.9 Å². The fraction of sp³-hybridized carbons (Fsp3) is 0.600. The monoisotopic (exact) mass is 195 g/mol. The first-order chi connectivity index (χ1) is 6.55. The van der Waals surface area contributed by atoms with E-state index in [2.05, 4.69) is 5.16 Å². The normalized spacial score (nSPS) is 18.1. The minimum Gasteiger partial charge on any atom is -0.481 e. The molecule has 0 spiro atoms. The molecule has 0 aromatic carbocycles. The van der Waals surface area contributed by atoms with Crippen LogP contribution in [0.3, 0.4) is 0 Å². The van der Waals surface area contributed by atoms with Gasteiger partial charge in [-0.1, -0.05) is 5.16 Å². The third kappa shape index (κ3) is 1.31. The smallest absolute Gasteiger partial charge is 0.309 e. The second-order valence-corrected chi connectivity index (χ2v) is 4.06. The largest absolute Gasteiger partial charge is 0.481 e. The Labute approximate surface area is 81.9 Å². The van der Waals surface area contributed by atoms with Gasteiger partial charge in [-0.3, -0.25) is 4.79 Å². The molecule has 1 heterocycles. The summed E-state index contributed by atoms with van der Waals surface area (Å²) in [6.45, 7) is 3.68. The van der Waals surface area contributed by atoms with Crippen molar-refractivity contribution in [2.24, 2.45) is 5.41 Å². The third-order valence-electron chi connectivity index (χ3n) is 3.00. The number of hydrogen-bond donors (Lipinski definition) is 1. The molecule has 1 aliphatic rings. The summed E-state index contributed by atoms with van der Waals surface area (Å²) in [5.74, 6) is 0.0486. The minimum absolute atomic E-state index is 0.527. The predicted octanol–water partition coefficient (Wildman–Crippen LogP) is 1.70. The molecule has 0 amide bonds. The summed E-state index contributed by atoms with van der Waals surface area (Å²) >= 11 is 0. The van der Waals surface area contributed by atoms with Gasteiger partial charge in [-0.15, -0.1) is 0 Å². The van der Waals surface area contributed by atoms with Crippen molar-refractivity contribution in [3.8, 4) is 0 Å². The van der Waals surface area contributed by atoms with Crippen LogP contribution in [0.5, 0.6) is 0 Å². The quantitative estimate of drug-likeness (QED) is 0.797. The Morgan fingerprint density at radius 2 is 2.21 bits per heavy atom. The van der Waals surface area contributed by atoms with Crippen molar-refractivity contribution >= 4 is 5.97 Å². The van der Waals surface area contributed by atoms with E-state index < -0.39 is 11.4 Å². The zero-order valence-electron chi connectivity index (χ0n) is 8.33. The van der Waals surface area contributed by atoms with Gasteiger partial charge in [-0.2, -0.15) is 0 Å². The summed E-state index contributed by atoms with van der Waals surface area (Å²) < 4.78 is 5.01. The van der Waals surface area contributed by atoms with E-state index >= 15 is 0 Å². The first-order valence-electron chi connectivity index (χ1n) is 4.70. The van der Waals surface area contributed by atoms with E-state index in [-0.39, 0.29) is 0 Å². The van der Waals surface area contributed by atoms with Crippen molar-refractivity contribution < 1.29 is 14.4 Å². The molecule has 0 atom stereocenters. The van der Waals surface area contributed by atoms with Crippen molar-refractivity contribution in [3.63, 3.8) is 0 Å². The fourth-order valence-electron chi connectivity index (χ4n) is 1.71. The maximum Gasteiger partial charge on any atom is 0.309 e. The zero-order valence-corrected chi connectivity index (χ0v) is 8.33. The molecule has 1 aromatic rings. The number of nitrogens with zero attached hydrogens (tertiary/aromatic N) is 1. The second kappa shape index (κ2) is 2.83. The number of aliphatic carboxylic acids is 1. The van der Waals surface area contributed by atoms with E-state index in [1.54, 1.807) is 0 Å². The van der Waals surface area contributed by atoms with E-state index in [0.29, 0.717) is 6.42 Å². The molecule has 4 heteroatoms. The van der Waals surface area contributed by atoms with Crippen LogP contribution in [0.2, 0.25) is 0 Å². The van der Waals surface area contributed by atoms with E-state index in [4.69, 9.17) is 9.63 Å². The number of hydrogen-bond acceptors (Lipinski definition) is 3. The van der Waals surface area contributed by atoms with Gasteiger partial charge in [-0.05, 0) is 33.1 Å². The lowest BCUT2D eigenvalue weighted by Gasteiger charge is -2.08. The fourth-order valence-corrected chi connectivity index (χ4v) is 1.71. The van der Waals surface area contributed by atoms with Gasteiger partial charge in [0.15, 0.2) is 0 Å². The standard InChI is InChI=1S/C10H13NO3/c1-6-8(7(2)14-11-6)5-10(3-4-10)9(12)13/h3-5H2,1-2H3,(H,12,13). The van der Waals surface area contributed by atoms with Gasteiger partial charge in [-0.25, -0.2) is 0 Å². The molecular formula is C10H13NO3. The lowest BCUT2D eigenvalue weighted by atomic mass is 9.96. The molecule has 76 valence electrons. The Morgan fingerprint density at radius 3 is 2.57 bits per heavy atom. The lowest BCUT2D eigenvalue weighted by molar-refractivity contribution is -0.143. The van der Waals surface area contributed by atoms with Gasteiger partial charge < -0.3 is 9.63 Å². The number of carboxylic acid groups (broad SMARTS) is 1. The molecule has 1 aliphatic carbocycles. The number of rotatable bonds is 3. The van der Waals surface area contributed by atoms with Crippen LogP contribution in [0.4, 0.5) is 0 Å². The molecule has 1 N–H and O–H groups in total. The van der Waals surface area contributed by atoms with Crippen LogP contribution in [0.25, 0.3) is 0 Å². The minimum atomic E-state index is -0.697. The van der Waals surface area contributed by atoms with Crippen LogP contribution >= 0.6 is 0 Å². The Kier molecular flexibility index (Phi) is 1.87. The van der Waals surface area contributed by atoms with Gasteiger partial charge in [0.2, 0.25) is 0 Å². The van der Waals surface area contributed by atoms with Gasteiger partial charge in [0.1, 0.15) is 5.76 Å². The second-order valence-electron chi connectivity index (χ2n) is 4.06. The first kappa shape index (κ1) is 9.24. The molecule has 0 radical (unpaired) electrons. The zero-order chi connectivity index (χ0) is 10.3. The molecule has 0 bridgehead atoms. The van der Waals surface area contributed by atoms with E-state index in [9.17, 15) is 4.79 Å². The van der Waals surface area contributed by atoms with E-state index in [0.717, 1.165) is 29.9 Å². The van der Waals surface area contributed by atoms with Crippen molar-refractivity contribution in [2.45, 2.75) is 33.1 Å². The average Bonchev–Trinajstić information content (AvgIpc) is 2.84. The molecule has 1 fully saturated rings. The molecule has 14 heavy (non-hydrogen) atoms. The number of carboxylic acids is 1. The summed E-state index contributed by atoms with van der Waals surface area (Å²) in [6, 6.07) is 0. The van der Waals surface area contributed by atoms with Crippen molar-refractivity contribution in [1.29, 1.82) is 0 Å². The van der Waals surface area contributed by atoms with E-state index in [1.807, 2.05) is 13.8 Å². The number of aromatic nitrogens is 1. The Hall–Kier alpha value is -1.32. The SMILES string of the molecule is Cc1noc(C)c1CC1(C(=O)O)CC1. The predicted molar refractivity (Wildman–Crippen MR) is 49.0 cm³/mol. The van der Waals surface area contributed by atoms with Crippen molar-refractivity contribution in [1.82, 2.24) is 5.16 Å².